The number of benzene rings is 1. The highest BCUT2D eigenvalue weighted by Crippen LogP contribution is 2.29. The van der Waals surface area contributed by atoms with E-state index in [9.17, 15) is 5.26 Å². The predicted octanol–water partition coefficient (Wildman–Crippen LogP) is 3.01. The Morgan fingerprint density at radius 3 is 2.55 bits per heavy atom. The van der Waals surface area contributed by atoms with Crippen molar-refractivity contribution < 1.29 is 4.42 Å². The molecule has 10 nitrogen and oxygen atoms in total. The fraction of sp³-hybridized carbons (Fsp3) is 0.217. The molecule has 3 aromatic heterocycles. The Morgan fingerprint density at radius 2 is 1.82 bits per heavy atom. The van der Waals surface area contributed by atoms with E-state index in [0.717, 1.165) is 16.8 Å². The van der Waals surface area contributed by atoms with Crippen molar-refractivity contribution in [2.45, 2.75) is 19.3 Å². The number of nitrogen functional groups attached to an aromatic ring is 1. The Bertz CT molecular complexity index is 1310. The molecule has 0 unspecified atom stereocenters. The minimum Gasteiger partial charge on any atom is -0.414 e. The first-order chi connectivity index (χ1) is 15.9. The van der Waals surface area contributed by atoms with Gasteiger partial charge in [-0.15, -0.1) is 10.2 Å². The Balaban J connectivity index is 1.64. The van der Waals surface area contributed by atoms with Gasteiger partial charge in [-0.05, 0) is 50.2 Å². The summed E-state index contributed by atoms with van der Waals surface area (Å²) in [7, 11) is 0. The van der Waals surface area contributed by atoms with Crippen LogP contribution in [0, 0.1) is 11.3 Å². The van der Waals surface area contributed by atoms with E-state index >= 15 is 0 Å². The van der Waals surface area contributed by atoms with Gasteiger partial charge in [0.2, 0.25) is 5.89 Å². The highest BCUT2D eigenvalue weighted by atomic mass is 16.4. The lowest BCUT2D eigenvalue weighted by atomic mass is 9.90. The summed E-state index contributed by atoms with van der Waals surface area (Å²) in [6.07, 6.45) is 3.19. The van der Waals surface area contributed by atoms with Crippen molar-refractivity contribution in [1.29, 1.82) is 5.26 Å². The molecule has 3 heterocycles. The molecule has 33 heavy (non-hydrogen) atoms. The van der Waals surface area contributed by atoms with Crippen LogP contribution in [0.1, 0.15) is 19.5 Å². The van der Waals surface area contributed by atoms with Crippen LogP contribution in [0.5, 0.6) is 0 Å². The monoisotopic (exact) mass is 441 g/mol. The van der Waals surface area contributed by atoms with Gasteiger partial charge in [-0.1, -0.05) is 0 Å². The van der Waals surface area contributed by atoms with Gasteiger partial charge in [0.05, 0.1) is 29.1 Å². The number of nitrogens with zero attached hydrogens (tertiary/aromatic N) is 6. The molecule has 0 atom stereocenters. The number of rotatable bonds is 7. The van der Waals surface area contributed by atoms with Crippen molar-refractivity contribution in [2.75, 3.05) is 24.1 Å². The quantitative estimate of drug-likeness (QED) is 0.388. The maximum Gasteiger partial charge on any atom is 0.270 e. The summed E-state index contributed by atoms with van der Waals surface area (Å²) in [5.74, 6) is 0.666. The molecular weight excluding hydrogens is 418 g/mol. The zero-order chi connectivity index (χ0) is 23.4. The third-order valence-corrected chi connectivity index (χ3v) is 5.01. The molecule has 0 amide bonds. The van der Waals surface area contributed by atoms with E-state index in [2.05, 4.69) is 36.5 Å². The van der Waals surface area contributed by atoms with E-state index in [1.165, 1.54) is 0 Å². The molecule has 0 aliphatic rings. The minimum absolute atomic E-state index is 0.161. The molecule has 0 aliphatic carbocycles. The van der Waals surface area contributed by atoms with E-state index in [-0.39, 0.29) is 17.4 Å². The summed E-state index contributed by atoms with van der Waals surface area (Å²) in [6, 6.07) is 13.4. The smallest absolute Gasteiger partial charge is 0.270 e. The number of pyridine rings is 1. The van der Waals surface area contributed by atoms with Crippen LogP contribution < -0.4 is 16.8 Å². The number of hydrogen-bond acceptors (Lipinski definition) is 10. The number of nitrogens with one attached hydrogen (secondary N) is 1. The molecule has 0 saturated carbocycles. The standard InChI is InChI=1S/C23H23N9O/c1-23(2,13-25)18-11-15(7-9-28-18)17-12-29-20(26)19(30-17)22-32-31-21(33-22)14-3-5-16(6-4-14)27-10-8-24/h3-7,9,11-12,27H,8,10,24H2,1-2H3,(H2,26,29). The lowest BCUT2D eigenvalue weighted by Crippen LogP contribution is -2.15. The van der Waals surface area contributed by atoms with Gasteiger partial charge in [-0.2, -0.15) is 5.26 Å². The minimum atomic E-state index is -0.739. The van der Waals surface area contributed by atoms with E-state index in [1.54, 1.807) is 32.3 Å². The molecule has 0 fully saturated rings. The largest absolute Gasteiger partial charge is 0.414 e. The van der Waals surface area contributed by atoms with E-state index < -0.39 is 5.41 Å². The topological polar surface area (TPSA) is 165 Å². The van der Waals surface area contributed by atoms with Crippen molar-refractivity contribution in [1.82, 2.24) is 25.1 Å². The molecule has 0 spiro atoms. The predicted molar refractivity (Wildman–Crippen MR) is 125 cm³/mol. The average Bonchev–Trinajstić information content (AvgIpc) is 3.33. The van der Waals surface area contributed by atoms with Crippen LogP contribution in [0.2, 0.25) is 0 Å². The Morgan fingerprint density at radius 1 is 1.06 bits per heavy atom. The van der Waals surface area contributed by atoms with Crippen molar-refractivity contribution >= 4 is 11.5 Å². The van der Waals surface area contributed by atoms with Gasteiger partial charge < -0.3 is 21.2 Å². The molecule has 1 aromatic carbocycles. The first-order valence-corrected chi connectivity index (χ1v) is 10.3. The lowest BCUT2D eigenvalue weighted by Gasteiger charge is -2.15. The van der Waals surface area contributed by atoms with Crippen LogP contribution in [0.3, 0.4) is 0 Å². The van der Waals surface area contributed by atoms with Crippen LogP contribution >= 0.6 is 0 Å². The lowest BCUT2D eigenvalue weighted by molar-refractivity contribution is 0.582. The van der Waals surface area contributed by atoms with Gasteiger partial charge in [0.25, 0.3) is 5.89 Å². The van der Waals surface area contributed by atoms with Crippen molar-refractivity contribution in [3.8, 4) is 40.4 Å². The molecule has 0 bridgehead atoms. The second-order valence-electron chi connectivity index (χ2n) is 7.86. The van der Waals surface area contributed by atoms with Gasteiger partial charge in [-0.25, -0.2) is 9.97 Å². The summed E-state index contributed by atoms with van der Waals surface area (Å²) in [6.45, 7) is 4.85. The fourth-order valence-electron chi connectivity index (χ4n) is 3.07. The molecule has 4 rings (SSSR count). The number of hydrogen-bond donors (Lipinski definition) is 3. The van der Waals surface area contributed by atoms with E-state index in [4.69, 9.17) is 15.9 Å². The van der Waals surface area contributed by atoms with E-state index in [1.807, 2.05) is 30.3 Å². The second-order valence-corrected chi connectivity index (χ2v) is 7.86. The fourth-order valence-corrected chi connectivity index (χ4v) is 3.07. The Hall–Kier alpha value is -4.36. The molecule has 10 heteroatoms. The summed E-state index contributed by atoms with van der Waals surface area (Å²) in [4.78, 5) is 13.2. The maximum absolute atomic E-state index is 9.42. The highest BCUT2D eigenvalue weighted by Gasteiger charge is 2.22. The third kappa shape index (κ3) is 4.63. The SMILES string of the molecule is CC(C)(C#N)c1cc(-c2cnc(N)c(-c3nnc(-c4ccc(NCCN)cc4)o3)n2)ccn1. The van der Waals surface area contributed by atoms with E-state index in [0.29, 0.717) is 30.4 Å². The van der Waals surface area contributed by atoms with Crippen LogP contribution in [-0.4, -0.2) is 38.2 Å². The summed E-state index contributed by atoms with van der Waals surface area (Å²) < 4.78 is 5.84. The normalized spacial score (nSPS) is 11.2. The van der Waals surface area contributed by atoms with Gasteiger partial charge in [0, 0.05) is 36.1 Å². The number of nitrogens with two attached hydrogens (primary N) is 2. The molecule has 166 valence electrons. The summed E-state index contributed by atoms with van der Waals surface area (Å²) in [5, 5.41) is 20.9. The molecule has 0 radical (unpaired) electrons. The first-order valence-electron chi connectivity index (χ1n) is 10.3. The molecular formula is C23H23N9O. The number of anilines is 2. The zero-order valence-electron chi connectivity index (χ0n) is 18.3. The Kier molecular flexibility index (Phi) is 5.97. The van der Waals surface area contributed by atoms with Gasteiger partial charge in [0.1, 0.15) is 0 Å². The van der Waals surface area contributed by atoms with Crippen LogP contribution in [0.4, 0.5) is 11.5 Å². The van der Waals surface area contributed by atoms with Gasteiger partial charge in [0.15, 0.2) is 11.5 Å². The van der Waals surface area contributed by atoms with Crippen molar-refractivity contribution in [2.24, 2.45) is 5.73 Å². The highest BCUT2D eigenvalue weighted by molar-refractivity contribution is 5.69. The second kappa shape index (κ2) is 9.02. The maximum atomic E-state index is 9.42. The van der Waals surface area contributed by atoms with Crippen molar-refractivity contribution in [3.63, 3.8) is 0 Å². The first kappa shape index (κ1) is 21.9. The van der Waals surface area contributed by atoms with Crippen LogP contribution in [0.25, 0.3) is 34.3 Å². The van der Waals surface area contributed by atoms with Gasteiger partial charge >= 0.3 is 0 Å². The molecule has 0 aliphatic heterocycles. The Labute approximate surface area is 190 Å². The molecule has 5 N–H and O–H groups in total. The van der Waals surface area contributed by atoms with Crippen molar-refractivity contribution in [3.05, 3.63) is 54.5 Å². The summed E-state index contributed by atoms with van der Waals surface area (Å²) in [5.41, 5.74) is 14.7. The van der Waals surface area contributed by atoms with Crippen LogP contribution in [-0.2, 0) is 5.41 Å². The summed E-state index contributed by atoms with van der Waals surface area (Å²) >= 11 is 0. The molecule has 4 aromatic rings. The zero-order valence-corrected chi connectivity index (χ0v) is 18.3. The number of aromatic nitrogens is 5. The van der Waals surface area contributed by atoms with Crippen LogP contribution in [0.15, 0.2) is 53.2 Å². The molecule has 0 saturated heterocycles. The average molecular weight is 441 g/mol. The third-order valence-electron chi connectivity index (χ3n) is 5.01. The number of nitriles is 1. The van der Waals surface area contributed by atoms with Gasteiger partial charge in [-0.3, -0.25) is 4.98 Å².